The van der Waals surface area contributed by atoms with Gasteiger partial charge in [-0.25, -0.2) is 4.39 Å². The number of halogens is 1. The van der Waals surface area contributed by atoms with E-state index in [0.717, 1.165) is 25.7 Å². The van der Waals surface area contributed by atoms with Crippen LogP contribution < -0.4 is 5.32 Å². The van der Waals surface area contributed by atoms with Gasteiger partial charge in [0.25, 0.3) is 0 Å². The highest BCUT2D eigenvalue weighted by atomic mass is 32.2. The molecule has 5 heteroatoms. The van der Waals surface area contributed by atoms with E-state index in [0.29, 0.717) is 16.6 Å². The summed E-state index contributed by atoms with van der Waals surface area (Å²) in [5.41, 5.74) is 0.558. The lowest BCUT2D eigenvalue weighted by Gasteiger charge is -2.31. The van der Waals surface area contributed by atoms with Gasteiger partial charge in [0.1, 0.15) is 10.6 Å². The van der Waals surface area contributed by atoms with Gasteiger partial charge in [-0.05, 0) is 44.6 Å². The Morgan fingerprint density at radius 1 is 1.36 bits per heavy atom. The molecule has 0 radical (unpaired) electrons. The fraction of sp³-hybridized carbons (Fsp3) is 0.529. The number of hydrogen-bond donors (Lipinski definition) is 1. The van der Waals surface area contributed by atoms with E-state index in [-0.39, 0.29) is 22.5 Å². The minimum atomic E-state index is -0.347. The molecule has 118 valence electrons. The van der Waals surface area contributed by atoms with Gasteiger partial charge in [0.05, 0.1) is 6.04 Å². The molecule has 22 heavy (non-hydrogen) atoms. The van der Waals surface area contributed by atoms with Crippen molar-refractivity contribution in [3.8, 4) is 0 Å². The van der Waals surface area contributed by atoms with Crippen LogP contribution in [-0.2, 0) is 4.79 Å². The summed E-state index contributed by atoms with van der Waals surface area (Å²) in [5.74, 6) is 0.510. The number of rotatable bonds is 2. The van der Waals surface area contributed by atoms with Crippen molar-refractivity contribution in [1.82, 2.24) is 5.32 Å². The van der Waals surface area contributed by atoms with Gasteiger partial charge in [-0.1, -0.05) is 36.9 Å². The molecule has 0 unspecified atom stereocenters. The van der Waals surface area contributed by atoms with Gasteiger partial charge in [-0.15, -0.1) is 0 Å². The summed E-state index contributed by atoms with van der Waals surface area (Å²) in [6.45, 7) is 4.09. The number of hydrogen-bond acceptors (Lipinski definition) is 3. The summed E-state index contributed by atoms with van der Waals surface area (Å²) in [6, 6.07) is 6.35. The van der Waals surface area contributed by atoms with Crippen LogP contribution in [-0.4, -0.2) is 15.8 Å². The summed E-state index contributed by atoms with van der Waals surface area (Å²) in [4.78, 5) is 16.9. The third kappa shape index (κ3) is 2.91. The van der Waals surface area contributed by atoms with Crippen molar-refractivity contribution >= 4 is 22.8 Å². The maximum atomic E-state index is 13.8. The van der Waals surface area contributed by atoms with Crippen LogP contribution >= 0.6 is 11.8 Å². The van der Waals surface area contributed by atoms with Crippen LogP contribution in [0.3, 0.4) is 0 Å². The van der Waals surface area contributed by atoms with Gasteiger partial charge < -0.3 is 5.32 Å². The molecule has 1 heterocycles. The third-order valence-corrected chi connectivity index (χ3v) is 6.06. The van der Waals surface area contributed by atoms with Crippen LogP contribution in [0.4, 0.5) is 4.39 Å². The quantitative estimate of drug-likeness (QED) is 0.893. The summed E-state index contributed by atoms with van der Waals surface area (Å²) < 4.78 is 13.5. The highest BCUT2D eigenvalue weighted by Crippen LogP contribution is 2.45. The summed E-state index contributed by atoms with van der Waals surface area (Å²) in [5, 5.41) is 3.54. The number of thioether (sulfide) groups is 1. The molecule has 1 spiro atoms. The Labute approximate surface area is 134 Å². The molecule has 1 aromatic rings. The lowest BCUT2D eigenvalue weighted by atomic mass is 9.82. The zero-order chi connectivity index (χ0) is 15.7. The topological polar surface area (TPSA) is 41.5 Å². The maximum absolute atomic E-state index is 13.8. The summed E-state index contributed by atoms with van der Waals surface area (Å²) in [7, 11) is 0. The molecule has 1 aliphatic carbocycles. The molecule has 0 aromatic heterocycles. The van der Waals surface area contributed by atoms with E-state index < -0.39 is 0 Å². The first-order valence-electron chi connectivity index (χ1n) is 7.83. The second-order valence-corrected chi connectivity index (χ2v) is 7.74. The van der Waals surface area contributed by atoms with Crippen LogP contribution in [0.1, 0.15) is 51.1 Å². The van der Waals surface area contributed by atoms with Crippen molar-refractivity contribution in [3.63, 3.8) is 0 Å². The number of amidine groups is 1. The number of aliphatic imine (C=N–C) groups is 1. The predicted molar refractivity (Wildman–Crippen MR) is 88.3 cm³/mol. The Bertz CT molecular complexity index is 608. The Balaban J connectivity index is 1.77. The van der Waals surface area contributed by atoms with Crippen molar-refractivity contribution in [2.24, 2.45) is 10.9 Å². The second-order valence-electron chi connectivity index (χ2n) is 6.36. The maximum Gasteiger partial charge on any atom is 0.242 e. The van der Waals surface area contributed by atoms with Crippen LogP contribution in [0.5, 0.6) is 0 Å². The van der Waals surface area contributed by atoms with Crippen LogP contribution in [0.2, 0.25) is 0 Å². The molecular weight excluding hydrogens is 299 g/mol. The Kier molecular flexibility index (Phi) is 4.26. The first kappa shape index (κ1) is 15.5. The lowest BCUT2D eigenvalue weighted by molar-refractivity contribution is -0.122. The van der Waals surface area contributed by atoms with Crippen molar-refractivity contribution in [2.75, 3.05) is 0 Å². The molecule has 1 amide bonds. The Morgan fingerprint density at radius 3 is 2.73 bits per heavy atom. The molecule has 3 nitrogen and oxygen atoms in total. The van der Waals surface area contributed by atoms with Crippen molar-refractivity contribution < 1.29 is 9.18 Å². The molecule has 1 saturated heterocycles. The molecule has 1 saturated carbocycles. The van der Waals surface area contributed by atoms with Crippen molar-refractivity contribution in [1.29, 1.82) is 0 Å². The average molecular weight is 320 g/mol. The first-order valence-corrected chi connectivity index (χ1v) is 8.64. The predicted octanol–water partition coefficient (Wildman–Crippen LogP) is 4.05. The number of nitrogens with zero attached hydrogens (tertiary/aromatic N) is 1. The molecule has 1 aliphatic heterocycles. The van der Waals surface area contributed by atoms with Gasteiger partial charge in [-0.2, -0.15) is 0 Å². The molecule has 2 fully saturated rings. The number of carbonyl (C=O) groups excluding carboxylic acids is 1. The number of benzene rings is 1. The van der Waals surface area contributed by atoms with E-state index in [1.54, 1.807) is 18.2 Å². The summed E-state index contributed by atoms with van der Waals surface area (Å²) in [6.07, 6.45) is 3.96. The largest absolute Gasteiger partial charge is 0.304 e. The molecule has 2 aliphatic rings. The van der Waals surface area contributed by atoms with Gasteiger partial charge in [0.15, 0.2) is 5.17 Å². The molecule has 1 N–H and O–H groups in total. The Morgan fingerprint density at radius 2 is 2.05 bits per heavy atom. The highest BCUT2D eigenvalue weighted by molar-refractivity contribution is 8.16. The highest BCUT2D eigenvalue weighted by Gasteiger charge is 2.48. The van der Waals surface area contributed by atoms with E-state index in [4.69, 9.17) is 0 Å². The van der Waals surface area contributed by atoms with E-state index in [2.05, 4.69) is 17.2 Å². The lowest BCUT2D eigenvalue weighted by Crippen LogP contribution is -2.39. The van der Waals surface area contributed by atoms with Crippen molar-refractivity contribution in [3.05, 3.63) is 35.6 Å². The second kappa shape index (κ2) is 6.03. The van der Waals surface area contributed by atoms with Crippen LogP contribution in [0, 0.1) is 11.7 Å². The smallest absolute Gasteiger partial charge is 0.242 e. The molecule has 1 aromatic carbocycles. The normalized spacial score (nSPS) is 31.5. The zero-order valence-electron chi connectivity index (χ0n) is 12.9. The minimum Gasteiger partial charge on any atom is -0.304 e. The van der Waals surface area contributed by atoms with E-state index in [1.165, 1.54) is 17.8 Å². The zero-order valence-corrected chi connectivity index (χ0v) is 13.8. The van der Waals surface area contributed by atoms with Gasteiger partial charge in [-0.3, -0.25) is 9.79 Å². The number of amides is 1. The average Bonchev–Trinajstić information content (AvgIpc) is 2.78. The summed E-state index contributed by atoms with van der Waals surface area (Å²) >= 11 is 1.54. The Hall–Kier alpha value is -1.36. The molecule has 3 rings (SSSR count). The van der Waals surface area contributed by atoms with Gasteiger partial charge in [0, 0.05) is 5.56 Å². The SMILES string of the molecule is CC1CCC2(CC1)SC(=N[C@@H](C)c1ccccc1F)NC2=O. The monoisotopic (exact) mass is 320 g/mol. The third-order valence-electron chi connectivity index (χ3n) is 4.67. The minimum absolute atomic E-state index is 0.0730. The van der Waals surface area contributed by atoms with Gasteiger partial charge in [0.2, 0.25) is 5.91 Å². The fourth-order valence-corrected chi connectivity index (χ4v) is 4.45. The molecule has 0 bridgehead atoms. The first-order chi connectivity index (χ1) is 10.5. The van der Waals surface area contributed by atoms with E-state index >= 15 is 0 Å². The number of nitrogens with one attached hydrogen (secondary N) is 1. The van der Waals surface area contributed by atoms with Crippen LogP contribution in [0.15, 0.2) is 29.3 Å². The van der Waals surface area contributed by atoms with Crippen LogP contribution in [0.25, 0.3) is 0 Å². The van der Waals surface area contributed by atoms with Gasteiger partial charge >= 0.3 is 0 Å². The molecule has 1 atom stereocenters. The standard InChI is InChI=1S/C17H21FN2OS/c1-11-7-9-17(10-8-11)15(21)20-16(22-17)19-12(2)13-5-3-4-6-14(13)18/h3-6,11-12H,7-10H2,1-2H3,(H,19,20,21)/t11?,12-,17?/m0/s1. The van der Waals surface area contributed by atoms with E-state index in [1.807, 2.05) is 6.92 Å². The number of carbonyl (C=O) groups is 1. The van der Waals surface area contributed by atoms with Crippen molar-refractivity contribution in [2.45, 2.75) is 50.3 Å². The fourth-order valence-electron chi connectivity index (χ4n) is 3.14. The van der Waals surface area contributed by atoms with E-state index in [9.17, 15) is 9.18 Å². The molecular formula is C17H21FN2OS.